The molecule has 2 aromatic heterocycles. The number of benzene rings is 3. The smallest absolute Gasteiger partial charge is 0.284 e. The van der Waals surface area contributed by atoms with Crippen LogP contribution in [0.5, 0.6) is 5.75 Å². The van der Waals surface area contributed by atoms with Gasteiger partial charge < -0.3 is 13.7 Å². The highest BCUT2D eigenvalue weighted by atomic mass is 32.1. The number of ether oxygens (including phenoxy) is 1. The van der Waals surface area contributed by atoms with Gasteiger partial charge >= 0.3 is 0 Å². The van der Waals surface area contributed by atoms with Crippen LogP contribution in [0, 0.1) is 10.7 Å². The minimum absolute atomic E-state index is 0.152. The first-order valence-corrected chi connectivity index (χ1v) is 9.52. The van der Waals surface area contributed by atoms with Crippen LogP contribution >= 0.6 is 12.2 Å². The van der Waals surface area contributed by atoms with E-state index in [0.717, 1.165) is 21.8 Å². The standard InChI is InChI=1S/C22H16FN3O2S/c23-16-8-3-1-6-14(16)13-27-19-11-5-10-18-21(19)15-7-2-4-9-17(15)26(18)12-20-24-25-22(29)28-20/h1-11H,12-13H2,(H,25,29). The average Bonchev–Trinajstić information content (AvgIpc) is 3.29. The first-order valence-electron chi connectivity index (χ1n) is 9.11. The van der Waals surface area contributed by atoms with Gasteiger partial charge in [0.2, 0.25) is 5.89 Å². The number of rotatable bonds is 5. The van der Waals surface area contributed by atoms with Crippen LogP contribution in [0.25, 0.3) is 21.8 Å². The normalized spacial score (nSPS) is 11.3. The summed E-state index contributed by atoms with van der Waals surface area (Å²) < 4.78 is 27.6. The van der Waals surface area contributed by atoms with Crippen LogP contribution in [0.1, 0.15) is 11.5 Å². The Morgan fingerprint density at radius 3 is 2.62 bits per heavy atom. The summed E-state index contributed by atoms with van der Waals surface area (Å²) in [5.41, 5.74) is 2.51. The lowest BCUT2D eigenvalue weighted by Crippen LogP contribution is -2.00. The van der Waals surface area contributed by atoms with E-state index in [9.17, 15) is 4.39 Å². The molecule has 0 aliphatic heterocycles. The highest BCUT2D eigenvalue weighted by Gasteiger charge is 2.16. The maximum Gasteiger partial charge on any atom is 0.284 e. The number of fused-ring (bicyclic) bond motifs is 3. The molecule has 3 aromatic carbocycles. The zero-order valence-electron chi connectivity index (χ0n) is 15.3. The fourth-order valence-corrected chi connectivity index (χ4v) is 3.73. The van der Waals surface area contributed by atoms with Crippen LogP contribution in [0.3, 0.4) is 0 Å². The molecule has 0 fully saturated rings. The number of H-pyrrole nitrogens is 1. The number of aromatic amines is 1. The molecule has 144 valence electrons. The fourth-order valence-electron chi connectivity index (χ4n) is 3.59. The molecule has 0 amide bonds. The topological polar surface area (TPSA) is 56.0 Å². The monoisotopic (exact) mass is 405 g/mol. The van der Waals surface area contributed by atoms with E-state index in [1.807, 2.05) is 42.5 Å². The van der Waals surface area contributed by atoms with Crippen LogP contribution < -0.4 is 4.74 Å². The number of halogens is 1. The molecule has 0 saturated heterocycles. The van der Waals surface area contributed by atoms with Gasteiger partial charge in [-0.15, -0.1) is 5.10 Å². The molecule has 29 heavy (non-hydrogen) atoms. The molecule has 0 atom stereocenters. The summed E-state index contributed by atoms with van der Waals surface area (Å²) in [6.45, 7) is 0.577. The summed E-state index contributed by atoms with van der Waals surface area (Å²) in [7, 11) is 0. The predicted octanol–water partition coefficient (Wildman–Crippen LogP) is 5.61. The first-order chi connectivity index (χ1) is 14.2. The molecule has 0 unspecified atom stereocenters. The van der Waals surface area contributed by atoms with Crippen LogP contribution in [-0.2, 0) is 13.2 Å². The second kappa shape index (κ2) is 7.18. The third-order valence-electron chi connectivity index (χ3n) is 4.88. The van der Waals surface area contributed by atoms with Gasteiger partial charge in [-0.3, -0.25) is 0 Å². The molecule has 0 aliphatic rings. The summed E-state index contributed by atoms with van der Waals surface area (Å²) in [6, 6.07) is 20.5. The van der Waals surface area contributed by atoms with Gasteiger partial charge in [-0.05, 0) is 36.5 Å². The largest absolute Gasteiger partial charge is 0.488 e. The summed E-state index contributed by atoms with van der Waals surface area (Å²) in [6.07, 6.45) is 0. The second-order valence-corrected chi connectivity index (χ2v) is 7.01. The van der Waals surface area contributed by atoms with Crippen molar-refractivity contribution in [3.8, 4) is 5.75 Å². The van der Waals surface area contributed by atoms with Crippen molar-refractivity contribution >= 4 is 34.0 Å². The van der Waals surface area contributed by atoms with E-state index in [1.54, 1.807) is 18.2 Å². The molecule has 5 rings (SSSR count). The van der Waals surface area contributed by atoms with Crippen LogP contribution in [0.15, 0.2) is 71.1 Å². The lowest BCUT2D eigenvalue weighted by atomic mass is 10.1. The zero-order chi connectivity index (χ0) is 19.8. The molecule has 0 spiro atoms. The van der Waals surface area contributed by atoms with Crippen molar-refractivity contribution in [1.82, 2.24) is 14.8 Å². The molecule has 5 nitrogen and oxygen atoms in total. The molecule has 5 aromatic rings. The number of aromatic nitrogens is 3. The molecule has 0 saturated carbocycles. The summed E-state index contributed by atoms with van der Waals surface area (Å²) in [5.74, 6) is 0.918. The Balaban J connectivity index is 1.62. The Kier molecular flexibility index (Phi) is 4.37. The van der Waals surface area contributed by atoms with Gasteiger partial charge in [0, 0.05) is 21.9 Å². The second-order valence-electron chi connectivity index (χ2n) is 6.64. The minimum Gasteiger partial charge on any atom is -0.488 e. The van der Waals surface area contributed by atoms with Crippen molar-refractivity contribution in [3.05, 3.63) is 88.8 Å². The molecule has 7 heteroatoms. The summed E-state index contributed by atoms with van der Waals surface area (Å²) in [4.78, 5) is 0.245. The van der Waals surface area contributed by atoms with Gasteiger partial charge in [0.05, 0.1) is 5.52 Å². The fraction of sp³-hybridized carbons (Fsp3) is 0.0909. The van der Waals surface area contributed by atoms with Gasteiger partial charge in [0.1, 0.15) is 24.7 Å². The third-order valence-corrected chi connectivity index (χ3v) is 5.05. The Hall–Kier alpha value is -3.45. The predicted molar refractivity (Wildman–Crippen MR) is 111 cm³/mol. The van der Waals surface area contributed by atoms with Crippen LogP contribution in [0.2, 0.25) is 0 Å². The number of nitrogens with zero attached hydrogens (tertiary/aromatic N) is 2. The summed E-state index contributed by atoms with van der Waals surface area (Å²) in [5, 5.41) is 8.79. The molecule has 0 bridgehead atoms. The van der Waals surface area contributed by atoms with Gasteiger partial charge in [0.25, 0.3) is 4.84 Å². The maximum absolute atomic E-state index is 14.0. The van der Waals surface area contributed by atoms with E-state index in [1.165, 1.54) is 6.07 Å². The number of hydrogen-bond donors (Lipinski definition) is 1. The lowest BCUT2D eigenvalue weighted by Gasteiger charge is -2.09. The van der Waals surface area contributed by atoms with Crippen molar-refractivity contribution < 1.29 is 13.5 Å². The van der Waals surface area contributed by atoms with Crippen molar-refractivity contribution in [2.24, 2.45) is 0 Å². The van der Waals surface area contributed by atoms with Crippen LogP contribution in [-0.4, -0.2) is 14.8 Å². The molecular formula is C22H16FN3O2S. The van der Waals surface area contributed by atoms with E-state index in [0.29, 0.717) is 23.7 Å². The van der Waals surface area contributed by atoms with E-state index in [-0.39, 0.29) is 17.3 Å². The molecular weight excluding hydrogens is 389 g/mol. The summed E-state index contributed by atoms with van der Waals surface area (Å²) >= 11 is 4.99. The van der Waals surface area contributed by atoms with Gasteiger partial charge in [0.15, 0.2) is 0 Å². The Morgan fingerprint density at radius 1 is 1.00 bits per heavy atom. The maximum atomic E-state index is 14.0. The van der Waals surface area contributed by atoms with Gasteiger partial charge in [-0.2, -0.15) is 0 Å². The highest BCUT2D eigenvalue weighted by Crippen LogP contribution is 2.36. The third kappa shape index (κ3) is 3.19. The van der Waals surface area contributed by atoms with E-state index in [2.05, 4.69) is 14.8 Å². The molecule has 0 radical (unpaired) electrons. The number of hydrogen-bond acceptors (Lipinski definition) is 4. The Morgan fingerprint density at radius 2 is 1.79 bits per heavy atom. The van der Waals surface area contributed by atoms with Crippen molar-refractivity contribution in [2.75, 3.05) is 0 Å². The van der Waals surface area contributed by atoms with Gasteiger partial charge in [-0.25, -0.2) is 9.49 Å². The number of para-hydroxylation sites is 1. The SMILES string of the molecule is Fc1ccccc1COc1cccc2c1c1ccccc1n2Cc1n[nH]c(=S)o1. The quantitative estimate of drug-likeness (QED) is 0.386. The Labute approximate surface area is 170 Å². The van der Waals surface area contributed by atoms with Crippen molar-refractivity contribution in [3.63, 3.8) is 0 Å². The Bertz CT molecular complexity index is 1390. The van der Waals surface area contributed by atoms with E-state index >= 15 is 0 Å². The number of nitrogens with one attached hydrogen (secondary N) is 1. The van der Waals surface area contributed by atoms with E-state index in [4.69, 9.17) is 21.4 Å². The molecule has 1 N–H and O–H groups in total. The first kappa shape index (κ1) is 17.6. The zero-order valence-corrected chi connectivity index (χ0v) is 16.1. The molecule has 0 aliphatic carbocycles. The van der Waals surface area contributed by atoms with E-state index < -0.39 is 0 Å². The van der Waals surface area contributed by atoms with Gasteiger partial charge in [-0.1, -0.05) is 42.5 Å². The molecule has 2 heterocycles. The minimum atomic E-state index is -0.276. The highest BCUT2D eigenvalue weighted by molar-refractivity contribution is 7.71. The van der Waals surface area contributed by atoms with Crippen molar-refractivity contribution in [2.45, 2.75) is 13.2 Å². The lowest BCUT2D eigenvalue weighted by molar-refractivity contribution is 0.303. The average molecular weight is 405 g/mol. The van der Waals surface area contributed by atoms with Crippen molar-refractivity contribution in [1.29, 1.82) is 0 Å². The van der Waals surface area contributed by atoms with Crippen LogP contribution in [0.4, 0.5) is 4.39 Å².